The normalized spacial score (nSPS) is 18.1. The van der Waals surface area contributed by atoms with Crippen LogP contribution in [0.5, 0.6) is 0 Å². The van der Waals surface area contributed by atoms with E-state index < -0.39 is 0 Å². The van der Waals surface area contributed by atoms with Gasteiger partial charge in [-0.1, -0.05) is 24.3 Å². The molecule has 0 radical (unpaired) electrons. The summed E-state index contributed by atoms with van der Waals surface area (Å²) >= 11 is 1.54. The van der Waals surface area contributed by atoms with Crippen LogP contribution in [0.3, 0.4) is 0 Å². The molecule has 2 aliphatic rings. The molecule has 2 heterocycles. The van der Waals surface area contributed by atoms with Gasteiger partial charge in [-0.3, -0.25) is 9.59 Å². The smallest absolute Gasteiger partial charge is 0.271 e. The highest BCUT2D eigenvalue weighted by molar-refractivity contribution is 7.09. The lowest BCUT2D eigenvalue weighted by Crippen LogP contribution is -2.40. The van der Waals surface area contributed by atoms with Gasteiger partial charge in [-0.2, -0.15) is 0 Å². The molecule has 1 N–H and O–H groups in total. The number of ether oxygens (including phenoxy) is 3. The van der Waals surface area contributed by atoms with Crippen LogP contribution in [0.25, 0.3) is 0 Å². The lowest BCUT2D eigenvalue weighted by atomic mass is 9.97. The first-order chi connectivity index (χ1) is 16.7. The number of carbonyl (C=O) groups is 2. The summed E-state index contributed by atoms with van der Waals surface area (Å²) in [4.78, 5) is 31.7. The number of aromatic nitrogens is 1. The van der Waals surface area contributed by atoms with E-state index in [1.807, 2.05) is 22.4 Å². The zero-order valence-electron chi connectivity index (χ0n) is 19.7. The minimum absolute atomic E-state index is 0.00592. The van der Waals surface area contributed by atoms with Crippen molar-refractivity contribution in [3.8, 4) is 0 Å². The molecule has 0 bridgehead atoms. The molecule has 34 heavy (non-hydrogen) atoms. The molecule has 8 nitrogen and oxygen atoms in total. The first kappa shape index (κ1) is 24.8. The summed E-state index contributed by atoms with van der Waals surface area (Å²) in [5.74, 6) is 0.171. The van der Waals surface area contributed by atoms with Gasteiger partial charge in [0.1, 0.15) is 12.3 Å². The third-order valence-corrected chi connectivity index (χ3v) is 7.43. The highest BCUT2D eigenvalue weighted by atomic mass is 32.1. The molecule has 1 fully saturated rings. The summed E-state index contributed by atoms with van der Waals surface area (Å²) in [7, 11) is 1.63. The number of nitrogens with one attached hydrogen (secondary N) is 1. The molecule has 184 valence electrons. The number of thiazole rings is 1. The summed E-state index contributed by atoms with van der Waals surface area (Å²) < 4.78 is 15.7. The maximum absolute atomic E-state index is 12.8. The molecule has 0 saturated carbocycles. The van der Waals surface area contributed by atoms with Gasteiger partial charge in [0.15, 0.2) is 0 Å². The minimum atomic E-state index is -0.111. The number of benzene rings is 1. The number of rotatable bonds is 11. The number of piperidine rings is 1. The highest BCUT2D eigenvalue weighted by Crippen LogP contribution is 2.32. The maximum atomic E-state index is 12.8. The predicted octanol–water partition coefficient (Wildman–Crippen LogP) is 2.95. The van der Waals surface area contributed by atoms with Crippen LogP contribution in [0.2, 0.25) is 0 Å². The van der Waals surface area contributed by atoms with Gasteiger partial charge in [-0.25, -0.2) is 4.98 Å². The Morgan fingerprint density at radius 2 is 1.85 bits per heavy atom. The average Bonchev–Trinajstić information content (AvgIpc) is 3.52. The predicted molar refractivity (Wildman–Crippen MR) is 129 cm³/mol. The summed E-state index contributed by atoms with van der Waals surface area (Å²) in [5.41, 5.74) is 3.02. The average molecular weight is 488 g/mol. The lowest BCUT2D eigenvalue weighted by Gasteiger charge is -2.31. The standard InChI is InChI=1S/C25H33N3O5S/c1-31-12-13-32-14-15-33-16-23(29)28-10-8-19(9-11-28)25-27-22(17-34-25)24(30)26-21-7-6-18-4-2-3-5-20(18)21/h2-5,17,19,21H,6-16H2,1H3,(H,26,30). The van der Waals surface area contributed by atoms with Crippen LogP contribution in [0.4, 0.5) is 0 Å². The van der Waals surface area contributed by atoms with Crippen molar-refractivity contribution < 1.29 is 23.8 Å². The van der Waals surface area contributed by atoms with Crippen molar-refractivity contribution in [2.75, 3.05) is 53.2 Å². The number of likely N-dealkylation sites (tertiary alicyclic amines) is 1. The van der Waals surface area contributed by atoms with E-state index in [0.717, 1.165) is 30.7 Å². The quantitative estimate of drug-likeness (QED) is 0.490. The second-order valence-corrected chi connectivity index (χ2v) is 9.54. The van der Waals surface area contributed by atoms with Gasteiger partial charge in [0.25, 0.3) is 5.91 Å². The largest absolute Gasteiger partial charge is 0.382 e. The van der Waals surface area contributed by atoms with E-state index in [-0.39, 0.29) is 30.4 Å². The number of hydrogen-bond acceptors (Lipinski definition) is 7. The zero-order valence-corrected chi connectivity index (χ0v) is 20.5. The monoisotopic (exact) mass is 487 g/mol. The van der Waals surface area contributed by atoms with Crippen molar-refractivity contribution in [1.82, 2.24) is 15.2 Å². The number of methoxy groups -OCH3 is 1. The molecule has 1 aromatic carbocycles. The Bertz CT molecular complexity index is 958. The third-order valence-electron chi connectivity index (χ3n) is 6.42. The molecule has 0 spiro atoms. The van der Waals surface area contributed by atoms with Crippen LogP contribution >= 0.6 is 11.3 Å². The van der Waals surface area contributed by atoms with Crippen LogP contribution in [0.15, 0.2) is 29.6 Å². The molecular weight excluding hydrogens is 454 g/mol. The Morgan fingerprint density at radius 3 is 2.68 bits per heavy atom. The van der Waals surface area contributed by atoms with Crippen molar-refractivity contribution in [2.45, 2.75) is 37.6 Å². The van der Waals surface area contributed by atoms with Crippen molar-refractivity contribution in [3.63, 3.8) is 0 Å². The third kappa shape index (κ3) is 6.41. The van der Waals surface area contributed by atoms with E-state index in [1.165, 1.54) is 22.5 Å². The number of nitrogens with zero attached hydrogens (tertiary/aromatic N) is 2. The Hall–Kier alpha value is -2.33. The van der Waals surface area contributed by atoms with E-state index >= 15 is 0 Å². The van der Waals surface area contributed by atoms with E-state index in [0.29, 0.717) is 45.2 Å². The van der Waals surface area contributed by atoms with E-state index in [2.05, 4.69) is 22.4 Å². The fraction of sp³-hybridized carbons (Fsp3) is 0.560. The van der Waals surface area contributed by atoms with Gasteiger partial charge < -0.3 is 24.4 Å². The Balaban J connectivity index is 1.19. The number of aryl methyl sites for hydroxylation is 1. The number of amides is 2. The number of fused-ring (bicyclic) bond motifs is 1. The van der Waals surface area contributed by atoms with Gasteiger partial charge in [-0.05, 0) is 36.8 Å². The van der Waals surface area contributed by atoms with E-state index in [1.54, 1.807) is 7.11 Å². The van der Waals surface area contributed by atoms with Gasteiger partial charge >= 0.3 is 0 Å². The second-order valence-electron chi connectivity index (χ2n) is 8.65. The van der Waals surface area contributed by atoms with Crippen LogP contribution in [-0.2, 0) is 25.4 Å². The van der Waals surface area contributed by atoms with Gasteiger partial charge in [0, 0.05) is 31.5 Å². The summed E-state index contributed by atoms with van der Waals surface area (Å²) in [5, 5.41) is 5.98. The molecule has 9 heteroatoms. The molecule has 2 amide bonds. The lowest BCUT2D eigenvalue weighted by molar-refractivity contribution is -0.137. The Morgan fingerprint density at radius 1 is 1.09 bits per heavy atom. The van der Waals surface area contributed by atoms with Gasteiger partial charge in [0.2, 0.25) is 5.91 Å². The number of hydrogen-bond donors (Lipinski definition) is 1. The topological polar surface area (TPSA) is 90.0 Å². The van der Waals surface area contributed by atoms with E-state index in [9.17, 15) is 9.59 Å². The van der Waals surface area contributed by atoms with Gasteiger partial charge in [-0.15, -0.1) is 11.3 Å². The molecule has 1 aromatic heterocycles. The van der Waals surface area contributed by atoms with Crippen LogP contribution < -0.4 is 5.32 Å². The van der Waals surface area contributed by atoms with E-state index in [4.69, 9.17) is 14.2 Å². The first-order valence-corrected chi connectivity index (χ1v) is 12.8. The minimum Gasteiger partial charge on any atom is -0.382 e. The summed E-state index contributed by atoms with van der Waals surface area (Å²) in [6, 6.07) is 8.35. The molecule has 2 aromatic rings. The van der Waals surface area contributed by atoms with Crippen molar-refractivity contribution in [1.29, 1.82) is 0 Å². The maximum Gasteiger partial charge on any atom is 0.271 e. The van der Waals surface area contributed by atoms with Gasteiger partial charge in [0.05, 0.1) is 37.5 Å². The first-order valence-electron chi connectivity index (χ1n) is 11.9. The summed E-state index contributed by atoms with van der Waals surface area (Å²) in [6.45, 7) is 3.34. The number of carbonyl (C=O) groups excluding carboxylic acids is 2. The molecule has 4 rings (SSSR count). The highest BCUT2D eigenvalue weighted by Gasteiger charge is 2.28. The molecule has 1 atom stereocenters. The second kappa shape index (κ2) is 12.4. The van der Waals surface area contributed by atoms with Crippen LogP contribution in [0.1, 0.15) is 57.8 Å². The fourth-order valence-corrected chi connectivity index (χ4v) is 5.48. The molecule has 1 saturated heterocycles. The van der Waals surface area contributed by atoms with Crippen molar-refractivity contribution in [2.24, 2.45) is 0 Å². The SMILES string of the molecule is COCCOCCOCC(=O)N1CCC(c2nc(C(=O)NC3CCc4ccccc43)cs2)CC1. The van der Waals surface area contributed by atoms with Crippen molar-refractivity contribution >= 4 is 23.2 Å². The summed E-state index contributed by atoms with van der Waals surface area (Å²) in [6.07, 6.45) is 3.61. The van der Waals surface area contributed by atoms with Crippen molar-refractivity contribution in [3.05, 3.63) is 51.5 Å². The van der Waals surface area contributed by atoms with Crippen LogP contribution in [-0.4, -0.2) is 74.9 Å². The fourth-order valence-electron chi connectivity index (χ4n) is 4.51. The zero-order chi connectivity index (χ0) is 23.8. The molecular formula is C25H33N3O5S. The van der Waals surface area contributed by atoms with Crippen LogP contribution in [0, 0.1) is 0 Å². The Kier molecular flexibility index (Phi) is 9.04. The molecule has 1 aliphatic heterocycles. The Labute approximate surface area is 204 Å². The molecule has 1 unspecified atom stereocenters. The molecule has 1 aliphatic carbocycles.